The molecule has 0 aliphatic heterocycles. The molecule has 0 saturated heterocycles. The SMILES string of the molecule is CCC(COC)Nc1cc(OC)c(OC)cc1Cl. The Morgan fingerprint density at radius 1 is 1.17 bits per heavy atom. The van der Waals surface area contributed by atoms with E-state index in [1.807, 2.05) is 6.07 Å². The summed E-state index contributed by atoms with van der Waals surface area (Å²) in [5, 5.41) is 3.93. The zero-order valence-electron chi connectivity index (χ0n) is 11.2. The molecule has 18 heavy (non-hydrogen) atoms. The van der Waals surface area contributed by atoms with Crippen molar-refractivity contribution < 1.29 is 14.2 Å². The van der Waals surface area contributed by atoms with Crippen LogP contribution in [0.15, 0.2) is 12.1 Å². The number of rotatable bonds is 7. The van der Waals surface area contributed by atoms with Crippen molar-refractivity contribution in [3.05, 3.63) is 17.2 Å². The standard InChI is InChI=1S/C13H20ClNO3/c1-5-9(8-16-2)15-11-7-13(18-4)12(17-3)6-10(11)14/h6-7,9,15H,5,8H2,1-4H3. The summed E-state index contributed by atoms with van der Waals surface area (Å²) >= 11 is 6.20. The van der Waals surface area contributed by atoms with E-state index in [1.165, 1.54) is 0 Å². The first-order valence-corrected chi connectivity index (χ1v) is 6.21. The highest BCUT2D eigenvalue weighted by molar-refractivity contribution is 6.33. The van der Waals surface area contributed by atoms with Gasteiger partial charge in [-0.15, -0.1) is 0 Å². The highest BCUT2D eigenvalue weighted by atomic mass is 35.5. The van der Waals surface area contributed by atoms with Crippen LogP contribution in [0.25, 0.3) is 0 Å². The first-order chi connectivity index (χ1) is 8.65. The molecule has 1 atom stereocenters. The van der Waals surface area contributed by atoms with Crippen molar-refractivity contribution in [1.82, 2.24) is 0 Å². The third kappa shape index (κ3) is 3.68. The van der Waals surface area contributed by atoms with Crippen LogP contribution >= 0.6 is 11.6 Å². The maximum absolute atomic E-state index is 6.20. The Bertz CT molecular complexity index is 385. The van der Waals surface area contributed by atoms with Crippen molar-refractivity contribution in [1.29, 1.82) is 0 Å². The number of ether oxygens (including phenoxy) is 3. The van der Waals surface area contributed by atoms with Crippen LogP contribution in [-0.4, -0.2) is 34.0 Å². The van der Waals surface area contributed by atoms with Crippen molar-refractivity contribution in [3.8, 4) is 11.5 Å². The first-order valence-electron chi connectivity index (χ1n) is 5.83. The zero-order chi connectivity index (χ0) is 13.5. The van der Waals surface area contributed by atoms with E-state index in [0.29, 0.717) is 23.1 Å². The third-order valence-corrected chi connectivity index (χ3v) is 3.01. The maximum Gasteiger partial charge on any atom is 0.162 e. The van der Waals surface area contributed by atoms with Crippen molar-refractivity contribution in [2.24, 2.45) is 0 Å². The van der Waals surface area contributed by atoms with E-state index < -0.39 is 0 Å². The van der Waals surface area contributed by atoms with Crippen LogP contribution < -0.4 is 14.8 Å². The van der Waals surface area contributed by atoms with Gasteiger partial charge in [0.2, 0.25) is 0 Å². The lowest BCUT2D eigenvalue weighted by molar-refractivity contribution is 0.184. The highest BCUT2D eigenvalue weighted by Crippen LogP contribution is 2.36. The molecule has 0 fully saturated rings. The van der Waals surface area contributed by atoms with Gasteiger partial charge in [-0.2, -0.15) is 0 Å². The third-order valence-electron chi connectivity index (χ3n) is 2.69. The summed E-state index contributed by atoms with van der Waals surface area (Å²) in [5.41, 5.74) is 0.818. The average molecular weight is 274 g/mol. The lowest BCUT2D eigenvalue weighted by atomic mass is 10.2. The van der Waals surface area contributed by atoms with Crippen LogP contribution in [0.2, 0.25) is 5.02 Å². The lowest BCUT2D eigenvalue weighted by Gasteiger charge is -2.19. The molecule has 0 radical (unpaired) electrons. The van der Waals surface area contributed by atoms with Crippen LogP contribution in [0.5, 0.6) is 11.5 Å². The van der Waals surface area contributed by atoms with Crippen LogP contribution in [-0.2, 0) is 4.74 Å². The summed E-state index contributed by atoms with van der Waals surface area (Å²) in [6.07, 6.45) is 0.943. The van der Waals surface area contributed by atoms with Gasteiger partial charge in [0.05, 0.1) is 31.5 Å². The van der Waals surface area contributed by atoms with E-state index in [9.17, 15) is 0 Å². The second-order valence-corrected chi connectivity index (χ2v) is 4.30. The number of methoxy groups -OCH3 is 3. The van der Waals surface area contributed by atoms with Gasteiger partial charge in [-0.3, -0.25) is 0 Å². The van der Waals surface area contributed by atoms with Crippen molar-refractivity contribution >= 4 is 17.3 Å². The normalized spacial score (nSPS) is 12.1. The second-order valence-electron chi connectivity index (χ2n) is 3.89. The maximum atomic E-state index is 6.20. The Kier molecular flexibility index (Phi) is 6.09. The fourth-order valence-electron chi connectivity index (χ4n) is 1.65. The van der Waals surface area contributed by atoms with Gasteiger partial charge in [-0.05, 0) is 6.42 Å². The van der Waals surface area contributed by atoms with Gasteiger partial charge >= 0.3 is 0 Å². The molecule has 0 bridgehead atoms. The van der Waals surface area contributed by atoms with Gasteiger partial charge in [-0.25, -0.2) is 0 Å². The molecule has 1 aromatic rings. The van der Waals surface area contributed by atoms with E-state index in [2.05, 4.69) is 12.2 Å². The van der Waals surface area contributed by atoms with E-state index in [0.717, 1.165) is 12.1 Å². The van der Waals surface area contributed by atoms with Crippen molar-refractivity contribution in [3.63, 3.8) is 0 Å². The molecule has 1 unspecified atom stereocenters. The smallest absolute Gasteiger partial charge is 0.162 e. The molecule has 102 valence electrons. The number of halogens is 1. The molecular formula is C13H20ClNO3. The molecule has 0 heterocycles. The van der Waals surface area contributed by atoms with Gasteiger partial charge in [0, 0.05) is 25.3 Å². The minimum absolute atomic E-state index is 0.214. The molecule has 0 amide bonds. The molecule has 0 saturated carbocycles. The molecule has 0 aromatic heterocycles. The van der Waals surface area contributed by atoms with Crippen molar-refractivity contribution in [2.45, 2.75) is 19.4 Å². The topological polar surface area (TPSA) is 39.7 Å². The number of benzene rings is 1. The Balaban J connectivity index is 2.94. The molecule has 4 nitrogen and oxygen atoms in total. The highest BCUT2D eigenvalue weighted by Gasteiger charge is 2.13. The van der Waals surface area contributed by atoms with E-state index in [1.54, 1.807) is 27.4 Å². The first kappa shape index (κ1) is 14.9. The summed E-state index contributed by atoms with van der Waals surface area (Å²) in [4.78, 5) is 0. The molecule has 5 heteroatoms. The Labute approximate surface area is 113 Å². The largest absolute Gasteiger partial charge is 0.493 e. The zero-order valence-corrected chi connectivity index (χ0v) is 12.0. The molecule has 0 aliphatic carbocycles. The quantitative estimate of drug-likeness (QED) is 0.828. The predicted octanol–water partition coefficient (Wildman–Crippen LogP) is 3.19. The Morgan fingerprint density at radius 2 is 1.78 bits per heavy atom. The summed E-state index contributed by atoms with van der Waals surface area (Å²) in [6.45, 7) is 2.71. The molecular weight excluding hydrogens is 254 g/mol. The van der Waals surface area contributed by atoms with Gasteiger partial charge in [0.1, 0.15) is 0 Å². The average Bonchev–Trinajstić information content (AvgIpc) is 2.39. The van der Waals surface area contributed by atoms with E-state index in [-0.39, 0.29) is 6.04 Å². The second kappa shape index (κ2) is 7.34. The van der Waals surface area contributed by atoms with Gasteiger partial charge < -0.3 is 19.5 Å². The van der Waals surface area contributed by atoms with Crippen LogP contribution in [0, 0.1) is 0 Å². The van der Waals surface area contributed by atoms with E-state index in [4.69, 9.17) is 25.8 Å². The Morgan fingerprint density at radius 3 is 2.28 bits per heavy atom. The molecule has 1 rings (SSSR count). The summed E-state index contributed by atoms with van der Waals surface area (Å²) in [6, 6.07) is 3.78. The van der Waals surface area contributed by atoms with Gasteiger partial charge in [-0.1, -0.05) is 18.5 Å². The van der Waals surface area contributed by atoms with Crippen LogP contribution in [0.4, 0.5) is 5.69 Å². The summed E-state index contributed by atoms with van der Waals surface area (Å²) in [5.74, 6) is 1.27. The Hall–Kier alpha value is -1.13. The number of anilines is 1. The fraction of sp³-hybridized carbons (Fsp3) is 0.538. The minimum atomic E-state index is 0.214. The number of hydrogen-bond donors (Lipinski definition) is 1. The monoisotopic (exact) mass is 273 g/mol. The minimum Gasteiger partial charge on any atom is -0.493 e. The molecule has 0 spiro atoms. The van der Waals surface area contributed by atoms with Crippen molar-refractivity contribution in [2.75, 3.05) is 33.3 Å². The number of nitrogens with one attached hydrogen (secondary N) is 1. The van der Waals surface area contributed by atoms with Gasteiger partial charge in [0.25, 0.3) is 0 Å². The summed E-state index contributed by atoms with van der Waals surface area (Å²) in [7, 11) is 4.86. The summed E-state index contributed by atoms with van der Waals surface area (Å²) < 4.78 is 15.6. The van der Waals surface area contributed by atoms with Crippen LogP contribution in [0.3, 0.4) is 0 Å². The van der Waals surface area contributed by atoms with Gasteiger partial charge in [0.15, 0.2) is 11.5 Å². The molecule has 1 aromatic carbocycles. The lowest BCUT2D eigenvalue weighted by Crippen LogP contribution is -2.24. The molecule has 0 aliphatic rings. The van der Waals surface area contributed by atoms with E-state index >= 15 is 0 Å². The molecule has 1 N–H and O–H groups in total. The fourth-order valence-corrected chi connectivity index (χ4v) is 1.86. The van der Waals surface area contributed by atoms with Crippen LogP contribution in [0.1, 0.15) is 13.3 Å². The predicted molar refractivity (Wildman–Crippen MR) is 74.1 cm³/mol. The number of hydrogen-bond acceptors (Lipinski definition) is 4.